The van der Waals surface area contributed by atoms with Gasteiger partial charge in [-0.05, 0) is 26.3 Å². The summed E-state index contributed by atoms with van der Waals surface area (Å²) in [5, 5.41) is 3.32. The molecule has 0 amide bonds. The third-order valence-corrected chi connectivity index (χ3v) is 6.76. The van der Waals surface area contributed by atoms with Crippen LogP contribution in [-0.4, -0.2) is 88.4 Å². The Morgan fingerprint density at radius 2 is 1.83 bits per heavy atom. The summed E-state index contributed by atoms with van der Waals surface area (Å²) >= 11 is 0. The molecule has 0 aliphatic carbocycles. The van der Waals surface area contributed by atoms with Crippen LogP contribution in [0.4, 0.5) is 0 Å². The zero-order valence-electron chi connectivity index (χ0n) is 18.6. The molecule has 1 heterocycles. The molecule has 1 aliphatic rings. The number of benzene rings is 1. The Kier molecular flexibility index (Phi) is 10.0. The smallest absolute Gasteiger partial charge is 0.216 e. The van der Waals surface area contributed by atoms with E-state index in [0.29, 0.717) is 32.7 Å². The molecule has 1 aromatic rings. The van der Waals surface area contributed by atoms with Gasteiger partial charge in [-0.15, -0.1) is 0 Å². The molecule has 170 valence electrons. The van der Waals surface area contributed by atoms with Crippen molar-refractivity contribution in [2.24, 2.45) is 4.99 Å². The number of hydrogen-bond donors (Lipinski definition) is 1. The van der Waals surface area contributed by atoms with Crippen LogP contribution < -0.4 is 5.32 Å². The zero-order chi connectivity index (χ0) is 22.0. The van der Waals surface area contributed by atoms with E-state index < -0.39 is 10.0 Å². The van der Waals surface area contributed by atoms with Crippen molar-refractivity contribution >= 4 is 16.0 Å². The van der Waals surface area contributed by atoms with E-state index in [1.54, 1.807) is 11.4 Å². The molecule has 1 N–H and O–H groups in total. The minimum atomic E-state index is -3.30. The number of rotatable bonds is 10. The van der Waals surface area contributed by atoms with E-state index >= 15 is 0 Å². The van der Waals surface area contributed by atoms with E-state index in [1.807, 2.05) is 51.1 Å². The Bertz CT molecular complexity index is 748. The first kappa shape index (κ1) is 24.6. The van der Waals surface area contributed by atoms with E-state index in [-0.39, 0.29) is 24.6 Å². The van der Waals surface area contributed by atoms with Crippen molar-refractivity contribution in [3.05, 3.63) is 35.9 Å². The number of ether oxygens (including phenoxy) is 2. The topological polar surface area (TPSA) is 83.5 Å². The summed E-state index contributed by atoms with van der Waals surface area (Å²) in [5.41, 5.74) is 1.08. The third kappa shape index (κ3) is 7.54. The lowest BCUT2D eigenvalue weighted by molar-refractivity contribution is 0.0904. The predicted molar refractivity (Wildman–Crippen MR) is 120 cm³/mol. The van der Waals surface area contributed by atoms with Gasteiger partial charge >= 0.3 is 0 Å². The monoisotopic (exact) mass is 440 g/mol. The normalized spacial score (nSPS) is 17.4. The van der Waals surface area contributed by atoms with Crippen molar-refractivity contribution in [1.29, 1.82) is 0 Å². The lowest BCUT2D eigenvalue weighted by Gasteiger charge is -2.36. The minimum absolute atomic E-state index is 0.0198. The Morgan fingerprint density at radius 1 is 1.17 bits per heavy atom. The summed E-state index contributed by atoms with van der Waals surface area (Å²) in [6.07, 6.45) is -0.0924. The van der Waals surface area contributed by atoms with Crippen molar-refractivity contribution in [2.75, 3.05) is 58.7 Å². The molecule has 0 bridgehead atoms. The number of aliphatic imine (C=N–C) groups is 1. The van der Waals surface area contributed by atoms with Crippen LogP contribution in [0.15, 0.2) is 35.3 Å². The lowest BCUT2D eigenvalue weighted by atomic mass is 10.1. The van der Waals surface area contributed by atoms with Crippen LogP contribution in [0.2, 0.25) is 0 Å². The van der Waals surface area contributed by atoms with E-state index in [4.69, 9.17) is 14.5 Å². The Morgan fingerprint density at radius 3 is 2.40 bits per heavy atom. The first-order valence-electron chi connectivity index (χ1n) is 10.6. The molecule has 1 aromatic carbocycles. The van der Waals surface area contributed by atoms with Gasteiger partial charge in [-0.2, -0.15) is 4.31 Å². The van der Waals surface area contributed by atoms with Crippen LogP contribution >= 0.6 is 0 Å². The van der Waals surface area contributed by atoms with Crippen molar-refractivity contribution < 1.29 is 17.9 Å². The molecule has 1 aliphatic heterocycles. The van der Waals surface area contributed by atoms with Crippen molar-refractivity contribution in [1.82, 2.24) is 14.5 Å². The maximum Gasteiger partial charge on any atom is 0.216 e. The average molecular weight is 441 g/mol. The minimum Gasteiger partial charge on any atom is -0.378 e. The van der Waals surface area contributed by atoms with E-state index in [1.165, 1.54) is 0 Å². The number of hydrogen-bond acceptors (Lipinski definition) is 5. The lowest BCUT2D eigenvalue weighted by Crippen LogP contribution is -2.54. The standard InChI is InChI=1S/C21H36N4O4S/c1-5-22-21(23-17-20(28-4)19-9-7-6-8-10-19)24-11-13-25(14-12-24)30(26,27)16-15-29-18(2)3/h6-10,18,20H,5,11-17H2,1-4H3,(H,22,23). The maximum atomic E-state index is 12.5. The number of sulfonamides is 1. The van der Waals surface area contributed by atoms with E-state index in [0.717, 1.165) is 18.1 Å². The molecule has 8 nitrogen and oxygen atoms in total. The fourth-order valence-electron chi connectivity index (χ4n) is 3.28. The van der Waals surface area contributed by atoms with Gasteiger partial charge in [-0.25, -0.2) is 8.42 Å². The first-order chi connectivity index (χ1) is 14.4. The molecule has 2 rings (SSSR count). The summed E-state index contributed by atoms with van der Waals surface area (Å²) in [4.78, 5) is 6.87. The molecule has 30 heavy (non-hydrogen) atoms. The molecule has 0 saturated carbocycles. The van der Waals surface area contributed by atoms with Gasteiger partial charge in [0.05, 0.1) is 25.0 Å². The fraction of sp³-hybridized carbons (Fsp3) is 0.667. The molecular weight excluding hydrogens is 404 g/mol. The highest BCUT2D eigenvalue weighted by atomic mass is 32.2. The maximum absolute atomic E-state index is 12.5. The summed E-state index contributed by atoms with van der Waals surface area (Å²) in [5.74, 6) is 0.807. The number of methoxy groups -OCH3 is 1. The quantitative estimate of drug-likeness (QED) is 0.441. The number of guanidine groups is 1. The summed E-state index contributed by atoms with van der Waals surface area (Å²) < 4.78 is 37.7. The molecule has 1 atom stereocenters. The number of piperazine rings is 1. The van der Waals surface area contributed by atoms with Crippen LogP contribution in [0.25, 0.3) is 0 Å². The third-order valence-electron chi connectivity index (χ3n) is 4.92. The number of nitrogens with zero attached hydrogens (tertiary/aromatic N) is 3. The van der Waals surface area contributed by atoms with Gasteiger partial charge in [0.15, 0.2) is 5.96 Å². The van der Waals surface area contributed by atoms with Crippen molar-refractivity contribution in [3.8, 4) is 0 Å². The first-order valence-corrected chi connectivity index (χ1v) is 12.2. The van der Waals surface area contributed by atoms with Gasteiger partial charge in [-0.3, -0.25) is 4.99 Å². The molecule has 1 saturated heterocycles. The van der Waals surface area contributed by atoms with Gasteiger partial charge in [0.25, 0.3) is 0 Å². The highest BCUT2D eigenvalue weighted by Crippen LogP contribution is 2.17. The largest absolute Gasteiger partial charge is 0.378 e. The Labute approximate surface area is 181 Å². The number of nitrogens with one attached hydrogen (secondary N) is 1. The molecule has 1 unspecified atom stereocenters. The van der Waals surface area contributed by atoms with Crippen LogP contribution in [0.3, 0.4) is 0 Å². The molecule has 9 heteroatoms. The van der Waals surface area contributed by atoms with Gasteiger partial charge in [0.2, 0.25) is 10.0 Å². The van der Waals surface area contributed by atoms with Crippen LogP contribution in [0.1, 0.15) is 32.4 Å². The van der Waals surface area contributed by atoms with Crippen LogP contribution in [-0.2, 0) is 19.5 Å². The van der Waals surface area contributed by atoms with E-state index in [9.17, 15) is 8.42 Å². The van der Waals surface area contributed by atoms with Crippen molar-refractivity contribution in [2.45, 2.75) is 33.0 Å². The van der Waals surface area contributed by atoms with Gasteiger partial charge < -0.3 is 19.7 Å². The highest BCUT2D eigenvalue weighted by molar-refractivity contribution is 7.89. The fourth-order valence-corrected chi connectivity index (χ4v) is 4.56. The zero-order valence-corrected chi connectivity index (χ0v) is 19.4. The summed E-state index contributed by atoms with van der Waals surface area (Å²) in [7, 11) is -1.62. The van der Waals surface area contributed by atoms with Gasteiger partial charge in [-0.1, -0.05) is 30.3 Å². The second kappa shape index (κ2) is 12.2. The SMILES string of the molecule is CCNC(=NCC(OC)c1ccccc1)N1CCN(S(=O)(=O)CCOC(C)C)CC1. The van der Waals surface area contributed by atoms with Gasteiger partial charge in [0, 0.05) is 39.8 Å². The van der Waals surface area contributed by atoms with E-state index in [2.05, 4.69) is 10.2 Å². The second-order valence-corrected chi connectivity index (χ2v) is 9.54. The highest BCUT2D eigenvalue weighted by Gasteiger charge is 2.28. The van der Waals surface area contributed by atoms with Crippen molar-refractivity contribution in [3.63, 3.8) is 0 Å². The van der Waals surface area contributed by atoms with Crippen LogP contribution in [0.5, 0.6) is 0 Å². The summed E-state index contributed by atoms with van der Waals surface area (Å²) in [6.45, 7) is 9.37. The predicted octanol–water partition coefficient (Wildman–Crippen LogP) is 1.71. The Hall–Kier alpha value is -1.68. The molecule has 0 radical (unpaired) electrons. The average Bonchev–Trinajstić information content (AvgIpc) is 2.74. The molecule has 1 fully saturated rings. The van der Waals surface area contributed by atoms with Gasteiger partial charge in [0.1, 0.15) is 6.10 Å². The molecular formula is C21H36N4O4S. The molecule has 0 aromatic heterocycles. The second-order valence-electron chi connectivity index (χ2n) is 7.45. The Balaban J connectivity index is 1.95. The van der Waals surface area contributed by atoms with Crippen LogP contribution in [0, 0.1) is 0 Å². The molecule has 0 spiro atoms. The summed E-state index contributed by atoms with van der Waals surface area (Å²) in [6, 6.07) is 10.0.